The molecule has 2 nitrogen and oxygen atoms in total. The Morgan fingerprint density at radius 2 is 1.47 bits per heavy atom. The Hall–Kier alpha value is -1.20. The van der Waals surface area contributed by atoms with Crippen LogP contribution in [0.25, 0.3) is 6.08 Å². The highest BCUT2D eigenvalue weighted by molar-refractivity contribution is 6.52. The van der Waals surface area contributed by atoms with Crippen LogP contribution in [0.15, 0.2) is 24.2 Å². The van der Waals surface area contributed by atoms with Crippen LogP contribution in [-0.4, -0.2) is 18.3 Å². The van der Waals surface area contributed by atoms with Gasteiger partial charge in [-0.3, -0.25) is 0 Å². The molecule has 1 aromatic rings. The van der Waals surface area contributed by atoms with Gasteiger partial charge in [0.1, 0.15) is 11.6 Å². The first-order valence-electron chi connectivity index (χ1n) is 6.21. The maximum Gasteiger partial charge on any atom is 0.487 e. The summed E-state index contributed by atoms with van der Waals surface area (Å²) in [6.07, 6.45) is 1.35. The maximum atomic E-state index is 13.5. The molecule has 0 unspecified atom stereocenters. The lowest BCUT2D eigenvalue weighted by atomic mass is 9.89. The Labute approximate surface area is 112 Å². The van der Waals surface area contributed by atoms with E-state index in [0.717, 1.165) is 0 Å². The molecular formula is C14H17BF2O2. The molecule has 0 saturated carbocycles. The highest BCUT2D eigenvalue weighted by atomic mass is 19.1. The lowest BCUT2D eigenvalue weighted by molar-refractivity contribution is 0.00578. The summed E-state index contributed by atoms with van der Waals surface area (Å²) in [6, 6.07) is 3.76. The molecule has 1 fully saturated rings. The van der Waals surface area contributed by atoms with Gasteiger partial charge in [0.25, 0.3) is 0 Å². The van der Waals surface area contributed by atoms with Gasteiger partial charge in [-0.25, -0.2) is 8.78 Å². The first-order valence-corrected chi connectivity index (χ1v) is 6.21. The molecule has 1 aromatic carbocycles. The second-order valence-corrected chi connectivity index (χ2v) is 5.62. The summed E-state index contributed by atoms with van der Waals surface area (Å²) in [6.45, 7) is 7.68. The Balaban J connectivity index is 2.18. The van der Waals surface area contributed by atoms with Crippen molar-refractivity contribution < 1.29 is 18.1 Å². The molecular weight excluding hydrogens is 249 g/mol. The number of rotatable bonds is 2. The molecule has 1 heterocycles. The van der Waals surface area contributed by atoms with E-state index in [1.807, 2.05) is 27.7 Å². The molecule has 0 N–H and O–H groups in total. The summed E-state index contributed by atoms with van der Waals surface area (Å²) in [5.74, 6) is 0.318. The third kappa shape index (κ3) is 2.72. The van der Waals surface area contributed by atoms with E-state index in [-0.39, 0.29) is 5.56 Å². The van der Waals surface area contributed by atoms with Gasteiger partial charge in [0.2, 0.25) is 0 Å². The van der Waals surface area contributed by atoms with Gasteiger partial charge in [-0.2, -0.15) is 0 Å². The topological polar surface area (TPSA) is 18.5 Å². The van der Waals surface area contributed by atoms with Gasteiger partial charge in [-0.1, -0.05) is 18.1 Å². The van der Waals surface area contributed by atoms with Crippen molar-refractivity contribution in [1.29, 1.82) is 0 Å². The minimum absolute atomic E-state index is 0.0859. The van der Waals surface area contributed by atoms with Crippen LogP contribution in [0.2, 0.25) is 0 Å². The van der Waals surface area contributed by atoms with Gasteiger partial charge in [-0.05, 0) is 39.8 Å². The SMILES string of the molecule is CC1(C)OB(/C=C/c2c(F)cccc2F)OC1(C)C. The fourth-order valence-corrected chi connectivity index (χ4v) is 1.81. The van der Waals surface area contributed by atoms with Crippen molar-refractivity contribution in [1.82, 2.24) is 0 Å². The van der Waals surface area contributed by atoms with Crippen LogP contribution in [-0.2, 0) is 9.31 Å². The molecule has 0 spiro atoms. The second kappa shape index (κ2) is 4.73. The predicted molar refractivity (Wildman–Crippen MR) is 71.5 cm³/mol. The second-order valence-electron chi connectivity index (χ2n) is 5.62. The highest BCUT2D eigenvalue weighted by Crippen LogP contribution is 2.37. The van der Waals surface area contributed by atoms with E-state index in [0.29, 0.717) is 0 Å². The molecule has 1 aliphatic rings. The van der Waals surface area contributed by atoms with Crippen molar-refractivity contribution in [2.45, 2.75) is 38.9 Å². The quantitative estimate of drug-likeness (QED) is 0.761. The van der Waals surface area contributed by atoms with E-state index in [2.05, 4.69) is 0 Å². The van der Waals surface area contributed by atoms with Crippen molar-refractivity contribution in [3.8, 4) is 0 Å². The zero-order valence-corrected chi connectivity index (χ0v) is 11.5. The third-order valence-corrected chi connectivity index (χ3v) is 3.69. The van der Waals surface area contributed by atoms with Crippen molar-refractivity contribution in [2.75, 3.05) is 0 Å². The third-order valence-electron chi connectivity index (χ3n) is 3.69. The van der Waals surface area contributed by atoms with Crippen LogP contribution in [0.1, 0.15) is 33.3 Å². The number of halogens is 2. The van der Waals surface area contributed by atoms with Gasteiger partial charge in [0, 0.05) is 5.56 Å². The summed E-state index contributed by atoms with van der Waals surface area (Å²) in [5.41, 5.74) is -1.01. The average Bonchev–Trinajstić information content (AvgIpc) is 2.46. The molecule has 19 heavy (non-hydrogen) atoms. The highest BCUT2D eigenvalue weighted by Gasteiger charge is 2.50. The Morgan fingerprint density at radius 3 is 1.95 bits per heavy atom. The number of hydrogen-bond donors (Lipinski definition) is 0. The van der Waals surface area contributed by atoms with Crippen LogP contribution in [0.4, 0.5) is 8.78 Å². The van der Waals surface area contributed by atoms with Crippen molar-refractivity contribution in [3.63, 3.8) is 0 Å². The molecule has 2 rings (SSSR count). The van der Waals surface area contributed by atoms with E-state index >= 15 is 0 Å². The maximum absolute atomic E-state index is 13.5. The van der Waals surface area contributed by atoms with Gasteiger partial charge in [0.05, 0.1) is 11.2 Å². The number of hydrogen-bond acceptors (Lipinski definition) is 2. The number of benzene rings is 1. The average molecular weight is 266 g/mol. The van der Waals surface area contributed by atoms with E-state index in [1.54, 1.807) is 0 Å². The zero-order valence-electron chi connectivity index (χ0n) is 11.5. The zero-order chi connectivity index (χ0) is 14.3. The van der Waals surface area contributed by atoms with E-state index < -0.39 is 30.0 Å². The fourth-order valence-electron chi connectivity index (χ4n) is 1.81. The van der Waals surface area contributed by atoms with Crippen LogP contribution >= 0.6 is 0 Å². The molecule has 0 aliphatic carbocycles. The van der Waals surface area contributed by atoms with Gasteiger partial charge in [0.15, 0.2) is 0 Å². The molecule has 1 saturated heterocycles. The smallest absolute Gasteiger partial charge is 0.400 e. The van der Waals surface area contributed by atoms with Gasteiger partial charge >= 0.3 is 7.12 Å². The predicted octanol–water partition coefficient (Wildman–Crippen LogP) is 3.61. The van der Waals surface area contributed by atoms with Crippen LogP contribution in [0, 0.1) is 11.6 Å². The first-order chi connectivity index (χ1) is 8.73. The minimum Gasteiger partial charge on any atom is -0.400 e. The largest absolute Gasteiger partial charge is 0.487 e. The van der Waals surface area contributed by atoms with Crippen LogP contribution in [0.3, 0.4) is 0 Å². The van der Waals surface area contributed by atoms with Gasteiger partial charge in [-0.15, -0.1) is 0 Å². The molecule has 0 bridgehead atoms. The lowest BCUT2D eigenvalue weighted by Crippen LogP contribution is -2.41. The molecule has 102 valence electrons. The van der Waals surface area contributed by atoms with Crippen molar-refractivity contribution >= 4 is 13.2 Å². The Morgan fingerprint density at radius 1 is 1.00 bits per heavy atom. The van der Waals surface area contributed by atoms with Gasteiger partial charge < -0.3 is 9.31 Å². The van der Waals surface area contributed by atoms with E-state index in [9.17, 15) is 8.78 Å². The van der Waals surface area contributed by atoms with Crippen molar-refractivity contribution in [3.05, 3.63) is 41.4 Å². The standard InChI is InChI=1S/C14H17BF2O2/c1-13(2)14(3,4)19-15(18-13)9-8-10-11(16)6-5-7-12(10)17/h5-9H,1-4H3/b9-8+. The monoisotopic (exact) mass is 266 g/mol. The molecule has 0 radical (unpaired) electrons. The molecule has 5 heteroatoms. The lowest BCUT2D eigenvalue weighted by Gasteiger charge is -2.32. The Kier molecular flexibility index (Phi) is 3.54. The first kappa shape index (κ1) is 14.2. The summed E-state index contributed by atoms with van der Waals surface area (Å²) in [7, 11) is -0.607. The van der Waals surface area contributed by atoms with Crippen LogP contribution in [0.5, 0.6) is 0 Å². The van der Waals surface area contributed by atoms with Crippen LogP contribution < -0.4 is 0 Å². The molecule has 0 aromatic heterocycles. The van der Waals surface area contributed by atoms with E-state index in [1.165, 1.54) is 30.3 Å². The minimum atomic E-state index is -0.607. The normalized spacial score (nSPS) is 21.3. The fraction of sp³-hybridized carbons (Fsp3) is 0.429. The summed E-state index contributed by atoms with van der Waals surface area (Å²) in [4.78, 5) is 0. The van der Waals surface area contributed by atoms with E-state index in [4.69, 9.17) is 9.31 Å². The summed E-state index contributed by atoms with van der Waals surface area (Å²) < 4.78 is 38.3. The molecule has 0 atom stereocenters. The Bertz CT molecular complexity index is 476. The summed E-state index contributed by atoms with van der Waals surface area (Å²) in [5, 5.41) is 0. The summed E-state index contributed by atoms with van der Waals surface area (Å²) >= 11 is 0. The molecule has 1 aliphatic heterocycles. The molecule has 0 amide bonds. The van der Waals surface area contributed by atoms with Crippen molar-refractivity contribution in [2.24, 2.45) is 0 Å².